The molecule has 0 saturated carbocycles. The van der Waals surface area contributed by atoms with Gasteiger partial charge in [-0.3, -0.25) is 0 Å². The van der Waals surface area contributed by atoms with Gasteiger partial charge in [0.25, 0.3) is 0 Å². The largest absolute Gasteiger partial charge is 0.460 e. The number of hydrogen-bond acceptors (Lipinski definition) is 4. The van der Waals surface area contributed by atoms with Crippen molar-refractivity contribution in [1.29, 1.82) is 0 Å². The minimum Gasteiger partial charge on any atom is -0.460 e. The second-order valence-electron chi connectivity index (χ2n) is 3.62. The molecule has 0 saturated heterocycles. The maximum absolute atomic E-state index is 5.52. The van der Waals surface area contributed by atoms with E-state index in [0.717, 1.165) is 36.0 Å². The molecule has 0 unspecified atom stereocenters. The quantitative estimate of drug-likeness (QED) is 0.848. The third kappa shape index (κ3) is 2.46. The van der Waals surface area contributed by atoms with Gasteiger partial charge in [-0.25, -0.2) is 9.97 Å². The topological polar surface area (TPSA) is 51.0 Å². The van der Waals surface area contributed by atoms with Gasteiger partial charge in [0.05, 0.1) is 0 Å². The van der Waals surface area contributed by atoms with Crippen LogP contribution >= 0.6 is 0 Å². The fourth-order valence-electron chi connectivity index (χ4n) is 1.47. The SMILES string of the molecule is CNCCc1nccc(-c2ccc(C)o2)n1. The molecule has 0 bridgehead atoms. The number of hydrogen-bond donors (Lipinski definition) is 1. The fraction of sp³-hybridized carbons (Fsp3) is 0.333. The molecule has 0 aliphatic rings. The summed E-state index contributed by atoms with van der Waals surface area (Å²) in [4.78, 5) is 8.67. The van der Waals surface area contributed by atoms with Crippen LogP contribution in [0.1, 0.15) is 11.6 Å². The average molecular weight is 217 g/mol. The van der Waals surface area contributed by atoms with Gasteiger partial charge in [0.15, 0.2) is 5.76 Å². The highest BCUT2D eigenvalue weighted by Crippen LogP contribution is 2.19. The minimum atomic E-state index is 0.797. The highest BCUT2D eigenvalue weighted by molar-refractivity contribution is 5.51. The summed E-state index contributed by atoms with van der Waals surface area (Å²) < 4.78 is 5.52. The summed E-state index contributed by atoms with van der Waals surface area (Å²) in [5, 5.41) is 3.08. The molecule has 4 nitrogen and oxygen atoms in total. The molecule has 2 rings (SSSR count). The fourth-order valence-corrected chi connectivity index (χ4v) is 1.47. The summed E-state index contributed by atoms with van der Waals surface area (Å²) in [6.45, 7) is 2.80. The number of aromatic nitrogens is 2. The third-order valence-corrected chi connectivity index (χ3v) is 2.30. The first-order chi connectivity index (χ1) is 7.79. The highest BCUT2D eigenvalue weighted by atomic mass is 16.3. The molecule has 84 valence electrons. The monoisotopic (exact) mass is 217 g/mol. The van der Waals surface area contributed by atoms with Gasteiger partial charge in [0, 0.05) is 19.2 Å². The van der Waals surface area contributed by atoms with E-state index in [-0.39, 0.29) is 0 Å². The molecule has 0 aliphatic heterocycles. The molecule has 4 heteroatoms. The second kappa shape index (κ2) is 4.90. The lowest BCUT2D eigenvalue weighted by Crippen LogP contribution is -2.12. The number of nitrogens with one attached hydrogen (secondary N) is 1. The minimum absolute atomic E-state index is 0.797. The second-order valence-corrected chi connectivity index (χ2v) is 3.62. The zero-order valence-electron chi connectivity index (χ0n) is 9.53. The van der Waals surface area contributed by atoms with Crippen molar-refractivity contribution in [3.05, 3.63) is 36.0 Å². The Morgan fingerprint density at radius 2 is 2.19 bits per heavy atom. The first-order valence-corrected chi connectivity index (χ1v) is 5.33. The van der Waals surface area contributed by atoms with E-state index < -0.39 is 0 Å². The van der Waals surface area contributed by atoms with Gasteiger partial charge < -0.3 is 9.73 Å². The molecule has 0 amide bonds. The van der Waals surface area contributed by atoms with Crippen molar-refractivity contribution in [3.8, 4) is 11.5 Å². The number of likely N-dealkylation sites (N-methyl/N-ethyl adjacent to an activating group) is 1. The van der Waals surface area contributed by atoms with Crippen LogP contribution < -0.4 is 5.32 Å². The summed E-state index contributed by atoms with van der Waals surface area (Å²) >= 11 is 0. The summed E-state index contributed by atoms with van der Waals surface area (Å²) in [6.07, 6.45) is 2.59. The predicted octanol–water partition coefficient (Wildman–Crippen LogP) is 1.81. The van der Waals surface area contributed by atoms with Crippen LogP contribution in [-0.2, 0) is 6.42 Å². The van der Waals surface area contributed by atoms with Gasteiger partial charge in [0.2, 0.25) is 0 Å². The molecule has 0 aliphatic carbocycles. The molecule has 0 atom stereocenters. The van der Waals surface area contributed by atoms with Crippen molar-refractivity contribution in [2.24, 2.45) is 0 Å². The maximum Gasteiger partial charge on any atom is 0.152 e. The maximum atomic E-state index is 5.52. The Balaban J connectivity index is 2.22. The molecule has 16 heavy (non-hydrogen) atoms. The lowest BCUT2D eigenvalue weighted by molar-refractivity contribution is 0.545. The molecule has 0 aromatic carbocycles. The molecule has 2 heterocycles. The van der Waals surface area contributed by atoms with Crippen molar-refractivity contribution in [3.63, 3.8) is 0 Å². The Kier molecular flexibility index (Phi) is 3.31. The molecule has 2 aromatic heterocycles. The van der Waals surface area contributed by atoms with Gasteiger partial charge in [-0.15, -0.1) is 0 Å². The van der Waals surface area contributed by atoms with E-state index in [1.54, 1.807) is 6.20 Å². The van der Waals surface area contributed by atoms with Crippen LogP contribution in [0.3, 0.4) is 0 Å². The van der Waals surface area contributed by atoms with E-state index in [1.165, 1.54) is 0 Å². The molecule has 1 N–H and O–H groups in total. The molecule has 0 spiro atoms. The van der Waals surface area contributed by atoms with Crippen LogP contribution in [-0.4, -0.2) is 23.6 Å². The summed E-state index contributed by atoms with van der Waals surface area (Å²) in [7, 11) is 1.92. The zero-order chi connectivity index (χ0) is 11.4. The molecule has 2 aromatic rings. The Morgan fingerprint density at radius 3 is 2.88 bits per heavy atom. The van der Waals surface area contributed by atoms with Gasteiger partial charge >= 0.3 is 0 Å². The average Bonchev–Trinajstić information content (AvgIpc) is 2.74. The number of rotatable bonds is 4. The number of nitrogens with zero attached hydrogens (tertiary/aromatic N) is 2. The Bertz CT molecular complexity index is 465. The lowest BCUT2D eigenvalue weighted by atomic mass is 10.3. The smallest absolute Gasteiger partial charge is 0.152 e. The predicted molar refractivity (Wildman–Crippen MR) is 62.1 cm³/mol. The zero-order valence-corrected chi connectivity index (χ0v) is 9.53. The number of furan rings is 1. The van der Waals surface area contributed by atoms with Gasteiger partial charge in [-0.2, -0.15) is 0 Å². The van der Waals surface area contributed by atoms with Crippen LogP contribution in [0.5, 0.6) is 0 Å². The molecular weight excluding hydrogens is 202 g/mol. The normalized spacial score (nSPS) is 10.6. The van der Waals surface area contributed by atoms with Crippen LogP contribution in [0.2, 0.25) is 0 Å². The van der Waals surface area contributed by atoms with E-state index >= 15 is 0 Å². The van der Waals surface area contributed by atoms with Crippen LogP contribution in [0.25, 0.3) is 11.5 Å². The van der Waals surface area contributed by atoms with E-state index in [1.807, 2.05) is 32.2 Å². The molecule has 0 radical (unpaired) electrons. The Labute approximate surface area is 94.7 Å². The van der Waals surface area contributed by atoms with Crippen molar-refractivity contribution in [2.75, 3.05) is 13.6 Å². The summed E-state index contributed by atoms with van der Waals surface area (Å²) in [6, 6.07) is 5.73. The number of aryl methyl sites for hydroxylation is 1. The first kappa shape index (κ1) is 10.8. The van der Waals surface area contributed by atoms with E-state index in [4.69, 9.17) is 4.42 Å². The Morgan fingerprint density at radius 1 is 1.31 bits per heavy atom. The highest BCUT2D eigenvalue weighted by Gasteiger charge is 2.05. The van der Waals surface area contributed by atoms with E-state index in [9.17, 15) is 0 Å². The van der Waals surface area contributed by atoms with Crippen molar-refractivity contribution >= 4 is 0 Å². The summed E-state index contributed by atoms with van der Waals surface area (Å²) in [5.41, 5.74) is 0.842. The lowest BCUT2D eigenvalue weighted by Gasteiger charge is -2.01. The van der Waals surface area contributed by atoms with Crippen molar-refractivity contribution in [1.82, 2.24) is 15.3 Å². The van der Waals surface area contributed by atoms with Gasteiger partial charge in [0.1, 0.15) is 17.3 Å². The first-order valence-electron chi connectivity index (χ1n) is 5.33. The molecular formula is C12H15N3O. The van der Waals surface area contributed by atoms with Gasteiger partial charge in [-0.05, 0) is 32.2 Å². The Hall–Kier alpha value is -1.68. The molecule has 0 fully saturated rings. The third-order valence-electron chi connectivity index (χ3n) is 2.30. The van der Waals surface area contributed by atoms with Crippen LogP contribution in [0.15, 0.2) is 28.8 Å². The van der Waals surface area contributed by atoms with Crippen molar-refractivity contribution < 1.29 is 4.42 Å². The van der Waals surface area contributed by atoms with Crippen LogP contribution in [0.4, 0.5) is 0 Å². The van der Waals surface area contributed by atoms with Crippen molar-refractivity contribution in [2.45, 2.75) is 13.3 Å². The standard InChI is InChI=1S/C12H15N3O/c1-9-3-4-11(16-9)10-5-8-14-12(15-10)6-7-13-2/h3-5,8,13H,6-7H2,1-2H3. The van der Waals surface area contributed by atoms with E-state index in [2.05, 4.69) is 15.3 Å². The van der Waals surface area contributed by atoms with Crippen LogP contribution in [0, 0.1) is 6.92 Å². The van der Waals surface area contributed by atoms with Gasteiger partial charge in [-0.1, -0.05) is 0 Å². The van der Waals surface area contributed by atoms with E-state index in [0.29, 0.717) is 0 Å². The summed E-state index contributed by atoms with van der Waals surface area (Å²) in [5.74, 6) is 2.52.